The van der Waals surface area contributed by atoms with Gasteiger partial charge in [-0.3, -0.25) is 0 Å². The molecule has 0 radical (unpaired) electrons. The average Bonchev–Trinajstić information content (AvgIpc) is 2.79. The topological polar surface area (TPSA) is 103 Å². The number of hydrogen-bond donors (Lipinski definition) is 3. The molecule has 7 nitrogen and oxygen atoms in total. The molecule has 1 aromatic heterocycles. The van der Waals surface area contributed by atoms with Crippen molar-refractivity contribution in [1.29, 1.82) is 0 Å². The van der Waals surface area contributed by atoms with Gasteiger partial charge in [0, 0.05) is 7.05 Å². The summed E-state index contributed by atoms with van der Waals surface area (Å²) < 4.78 is 35.1. The Labute approximate surface area is 135 Å². The van der Waals surface area contributed by atoms with Crippen molar-refractivity contribution in [3.8, 4) is 5.75 Å². The first-order valence-corrected chi connectivity index (χ1v) is 6.79. The standard InChI is InChI=1S/C13H14F2N4O3S/c1-12(21,7-4-3-5-8(6-7)22-10(16)20)13(14,15)9-17-18-11(23)19(9)2/h3-6,21H,1-2H3,(H2,16,20)(H,18,23). The third-order valence-corrected chi connectivity index (χ3v) is 3.75. The number of primary amides is 1. The van der Waals surface area contributed by atoms with Crippen LogP contribution in [0.4, 0.5) is 13.6 Å². The van der Waals surface area contributed by atoms with Crippen molar-refractivity contribution < 1.29 is 23.4 Å². The SMILES string of the molecule is Cn1c(S)nnc1C(F)(F)C(C)(O)c1cccc(OC(N)=O)c1. The molecule has 23 heavy (non-hydrogen) atoms. The van der Waals surface area contributed by atoms with Gasteiger partial charge in [0.2, 0.25) is 5.82 Å². The van der Waals surface area contributed by atoms with Crippen molar-refractivity contribution >= 4 is 18.7 Å². The molecule has 1 atom stereocenters. The van der Waals surface area contributed by atoms with Gasteiger partial charge in [0.05, 0.1) is 0 Å². The van der Waals surface area contributed by atoms with Gasteiger partial charge in [0.1, 0.15) is 5.75 Å². The zero-order chi connectivity index (χ0) is 17.4. The minimum atomic E-state index is -3.79. The number of hydrogen-bond acceptors (Lipinski definition) is 6. The molecule has 3 N–H and O–H groups in total. The highest BCUT2D eigenvalue weighted by Crippen LogP contribution is 2.45. The number of rotatable bonds is 4. The van der Waals surface area contributed by atoms with E-state index < -0.39 is 23.4 Å². The second-order valence-corrected chi connectivity index (χ2v) is 5.38. The Morgan fingerprint density at radius 3 is 2.61 bits per heavy atom. The lowest BCUT2D eigenvalue weighted by atomic mass is 9.88. The molecule has 1 unspecified atom stereocenters. The Bertz CT molecular complexity index is 749. The van der Waals surface area contributed by atoms with E-state index in [9.17, 15) is 18.7 Å². The van der Waals surface area contributed by atoms with Gasteiger partial charge in [-0.25, -0.2) is 4.79 Å². The summed E-state index contributed by atoms with van der Waals surface area (Å²) in [7, 11) is 1.30. The fourth-order valence-electron chi connectivity index (χ4n) is 1.97. The number of aromatic nitrogens is 3. The van der Waals surface area contributed by atoms with Crippen LogP contribution in [0, 0.1) is 0 Å². The van der Waals surface area contributed by atoms with Gasteiger partial charge in [-0.1, -0.05) is 12.1 Å². The number of nitrogens with zero attached hydrogens (tertiary/aromatic N) is 3. The maximum absolute atomic E-state index is 14.7. The molecular formula is C13H14F2N4O3S. The fourth-order valence-corrected chi connectivity index (χ4v) is 2.11. The van der Waals surface area contributed by atoms with Crippen molar-refractivity contribution in [2.75, 3.05) is 0 Å². The zero-order valence-electron chi connectivity index (χ0n) is 12.2. The molecule has 0 spiro atoms. The van der Waals surface area contributed by atoms with E-state index >= 15 is 0 Å². The number of ether oxygens (including phenoxy) is 1. The van der Waals surface area contributed by atoms with Crippen LogP contribution in [0.1, 0.15) is 18.3 Å². The first-order chi connectivity index (χ1) is 10.6. The third kappa shape index (κ3) is 2.99. The number of aliphatic hydroxyl groups is 1. The van der Waals surface area contributed by atoms with Crippen LogP contribution in [0.3, 0.4) is 0 Å². The molecule has 1 aromatic carbocycles. The van der Waals surface area contributed by atoms with E-state index in [0.717, 1.165) is 17.6 Å². The number of benzene rings is 1. The van der Waals surface area contributed by atoms with Gasteiger partial charge in [0.25, 0.3) is 0 Å². The summed E-state index contributed by atoms with van der Waals surface area (Å²) in [6, 6.07) is 5.05. The van der Waals surface area contributed by atoms with Crippen LogP contribution < -0.4 is 10.5 Å². The molecular weight excluding hydrogens is 330 g/mol. The quantitative estimate of drug-likeness (QED) is 0.731. The summed E-state index contributed by atoms with van der Waals surface area (Å²) in [6.07, 6.45) is -1.10. The number of thiol groups is 1. The summed E-state index contributed by atoms with van der Waals surface area (Å²) in [4.78, 5) is 10.8. The second kappa shape index (κ2) is 5.78. The van der Waals surface area contributed by atoms with Gasteiger partial charge in [0.15, 0.2) is 10.8 Å². The highest BCUT2D eigenvalue weighted by molar-refractivity contribution is 7.80. The molecule has 1 heterocycles. The average molecular weight is 344 g/mol. The highest BCUT2D eigenvalue weighted by Gasteiger charge is 2.55. The molecule has 0 aliphatic carbocycles. The molecule has 0 aliphatic heterocycles. The molecule has 1 amide bonds. The minimum absolute atomic E-state index is 0.0266. The van der Waals surface area contributed by atoms with E-state index in [2.05, 4.69) is 27.6 Å². The van der Waals surface area contributed by atoms with Crippen molar-refractivity contribution in [3.05, 3.63) is 35.7 Å². The summed E-state index contributed by atoms with van der Waals surface area (Å²) in [6.45, 7) is 0.920. The molecule has 0 saturated carbocycles. The Morgan fingerprint density at radius 1 is 1.43 bits per heavy atom. The highest BCUT2D eigenvalue weighted by atomic mass is 32.1. The number of amides is 1. The Balaban J connectivity index is 2.48. The lowest BCUT2D eigenvalue weighted by Crippen LogP contribution is -2.42. The molecule has 2 rings (SSSR count). The van der Waals surface area contributed by atoms with Crippen molar-refractivity contribution in [3.63, 3.8) is 0 Å². The molecule has 2 aromatic rings. The van der Waals surface area contributed by atoms with E-state index in [4.69, 9.17) is 5.73 Å². The third-order valence-electron chi connectivity index (χ3n) is 3.36. The summed E-state index contributed by atoms with van der Waals surface area (Å²) in [5.41, 5.74) is 2.04. The van der Waals surface area contributed by atoms with Gasteiger partial charge in [-0.05, 0) is 24.6 Å². The molecule has 0 aliphatic rings. The molecule has 0 saturated heterocycles. The van der Waals surface area contributed by atoms with Gasteiger partial charge < -0.3 is 20.1 Å². The summed E-state index contributed by atoms with van der Waals surface area (Å²) in [5, 5.41) is 17.2. The predicted octanol–water partition coefficient (Wildman–Crippen LogP) is 1.56. The lowest BCUT2D eigenvalue weighted by Gasteiger charge is -2.32. The van der Waals surface area contributed by atoms with Crippen molar-refractivity contribution in [2.45, 2.75) is 23.6 Å². The number of alkyl halides is 2. The summed E-state index contributed by atoms with van der Waals surface area (Å²) >= 11 is 3.89. The van der Waals surface area contributed by atoms with Crippen LogP contribution in [-0.2, 0) is 18.6 Å². The molecule has 10 heteroatoms. The smallest absolute Gasteiger partial charge is 0.409 e. The minimum Gasteiger partial charge on any atom is -0.410 e. The molecule has 0 bridgehead atoms. The number of carbonyl (C=O) groups is 1. The molecule has 0 fully saturated rings. The monoisotopic (exact) mass is 344 g/mol. The van der Waals surface area contributed by atoms with E-state index in [1.807, 2.05) is 0 Å². The predicted molar refractivity (Wildman–Crippen MR) is 78.4 cm³/mol. The maximum Gasteiger partial charge on any atom is 0.409 e. The van der Waals surface area contributed by atoms with Crippen LogP contribution in [-0.4, -0.2) is 26.0 Å². The largest absolute Gasteiger partial charge is 0.410 e. The number of nitrogens with two attached hydrogens (primary N) is 1. The summed E-state index contributed by atoms with van der Waals surface area (Å²) in [5.74, 6) is -4.62. The molecule has 124 valence electrons. The fraction of sp³-hybridized carbons (Fsp3) is 0.308. The Morgan fingerprint density at radius 2 is 2.09 bits per heavy atom. The van der Waals surface area contributed by atoms with Crippen LogP contribution in [0.2, 0.25) is 0 Å². The van der Waals surface area contributed by atoms with Crippen LogP contribution in [0.15, 0.2) is 29.4 Å². The van der Waals surface area contributed by atoms with Crippen LogP contribution in [0.5, 0.6) is 5.75 Å². The number of halogens is 2. The van der Waals surface area contributed by atoms with E-state index in [0.29, 0.717) is 0 Å². The van der Waals surface area contributed by atoms with E-state index in [-0.39, 0.29) is 16.5 Å². The lowest BCUT2D eigenvalue weighted by molar-refractivity contribution is -0.191. The van der Waals surface area contributed by atoms with Crippen LogP contribution >= 0.6 is 12.6 Å². The van der Waals surface area contributed by atoms with Crippen molar-refractivity contribution in [2.24, 2.45) is 12.8 Å². The Kier molecular flexibility index (Phi) is 4.31. The Hall–Kier alpha value is -2.20. The normalized spacial score (nSPS) is 14.3. The maximum atomic E-state index is 14.7. The second-order valence-electron chi connectivity index (χ2n) is 4.98. The van der Waals surface area contributed by atoms with Crippen LogP contribution in [0.25, 0.3) is 0 Å². The van der Waals surface area contributed by atoms with Gasteiger partial charge in [-0.2, -0.15) is 8.78 Å². The van der Waals surface area contributed by atoms with Gasteiger partial charge >= 0.3 is 12.0 Å². The van der Waals surface area contributed by atoms with Gasteiger partial charge in [-0.15, -0.1) is 22.8 Å². The zero-order valence-corrected chi connectivity index (χ0v) is 13.1. The first kappa shape index (κ1) is 17.2. The number of carbonyl (C=O) groups excluding carboxylic acids is 1. The first-order valence-electron chi connectivity index (χ1n) is 6.34. The van der Waals surface area contributed by atoms with E-state index in [1.165, 1.54) is 25.2 Å². The van der Waals surface area contributed by atoms with Crippen molar-refractivity contribution in [1.82, 2.24) is 14.8 Å². The van der Waals surface area contributed by atoms with E-state index in [1.54, 1.807) is 0 Å².